The Morgan fingerprint density at radius 3 is 2.10 bits per heavy atom. The molecule has 1 aliphatic heterocycles. The average Bonchev–Trinajstić information content (AvgIpc) is 3.60. The van der Waals surface area contributed by atoms with Gasteiger partial charge in [-0.1, -0.05) is 12.1 Å². The van der Waals surface area contributed by atoms with Crippen molar-refractivity contribution in [3.8, 4) is 0 Å². The first-order chi connectivity index (χ1) is 14.7. The Balaban J connectivity index is 1.69. The van der Waals surface area contributed by atoms with Crippen LogP contribution in [0.5, 0.6) is 0 Å². The van der Waals surface area contributed by atoms with E-state index in [2.05, 4.69) is 0 Å². The van der Waals surface area contributed by atoms with E-state index in [0.29, 0.717) is 44.7 Å². The molecular formula is C20H19F5N2O3S. The van der Waals surface area contributed by atoms with Gasteiger partial charge in [0.05, 0.1) is 13.2 Å². The van der Waals surface area contributed by atoms with Gasteiger partial charge in [-0.15, -0.1) is 0 Å². The number of benzene rings is 2. The summed E-state index contributed by atoms with van der Waals surface area (Å²) in [6.45, 7) is 2.14. The molecule has 0 atom stereocenters. The maximum atomic E-state index is 14.2. The number of hydrogen-bond acceptors (Lipinski definition) is 4. The first-order valence-electron chi connectivity index (χ1n) is 9.66. The zero-order valence-corrected chi connectivity index (χ0v) is 17.1. The monoisotopic (exact) mass is 462 g/mol. The molecule has 31 heavy (non-hydrogen) atoms. The van der Waals surface area contributed by atoms with Gasteiger partial charge in [0.1, 0.15) is 0 Å². The average molecular weight is 462 g/mol. The third-order valence-electron chi connectivity index (χ3n) is 5.32. The fourth-order valence-corrected chi connectivity index (χ4v) is 5.34. The maximum absolute atomic E-state index is 14.2. The van der Waals surface area contributed by atoms with Crippen LogP contribution in [-0.2, 0) is 21.3 Å². The molecule has 0 aromatic heterocycles. The number of anilines is 1. The fourth-order valence-electron chi connectivity index (χ4n) is 3.55. The van der Waals surface area contributed by atoms with Crippen molar-refractivity contribution in [3.63, 3.8) is 0 Å². The summed E-state index contributed by atoms with van der Waals surface area (Å²) < 4.78 is 101. The van der Waals surface area contributed by atoms with Gasteiger partial charge in [0.25, 0.3) is 0 Å². The summed E-state index contributed by atoms with van der Waals surface area (Å²) in [4.78, 5) is 0.229. The molecule has 5 nitrogen and oxygen atoms in total. The topological polar surface area (TPSA) is 49.9 Å². The molecule has 1 aliphatic carbocycles. The van der Waals surface area contributed by atoms with E-state index in [0.717, 1.165) is 9.99 Å². The van der Waals surface area contributed by atoms with Crippen LogP contribution in [0.2, 0.25) is 0 Å². The number of halogens is 5. The Kier molecular flexibility index (Phi) is 5.93. The van der Waals surface area contributed by atoms with Gasteiger partial charge in [-0.3, -0.25) is 0 Å². The molecule has 168 valence electrons. The molecule has 0 spiro atoms. The van der Waals surface area contributed by atoms with Gasteiger partial charge in [-0.2, -0.15) is 4.31 Å². The molecule has 0 bridgehead atoms. The van der Waals surface area contributed by atoms with E-state index in [1.807, 2.05) is 11.0 Å². The predicted octanol–water partition coefficient (Wildman–Crippen LogP) is 3.57. The first kappa shape index (κ1) is 22.0. The van der Waals surface area contributed by atoms with Crippen LogP contribution in [0, 0.1) is 29.1 Å². The van der Waals surface area contributed by atoms with E-state index in [-0.39, 0.29) is 6.54 Å². The zero-order chi connectivity index (χ0) is 22.3. The van der Waals surface area contributed by atoms with Gasteiger partial charge < -0.3 is 9.64 Å². The summed E-state index contributed by atoms with van der Waals surface area (Å²) in [5.74, 6) is -11.7. The molecule has 2 aromatic rings. The highest BCUT2D eigenvalue weighted by atomic mass is 32.2. The molecule has 0 N–H and O–H groups in total. The Morgan fingerprint density at radius 2 is 1.52 bits per heavy atom. The van der Waals surface area contributed by atoms with Gasteiger partial charge in [0, 0.05) is 31.4 Å². The Morgan fingerprint density at radius 1 is 0.935 bits per heavy atom. The Hall–Kier alpha value is -2.24. The van der Waals surface area contributed by atoms with E-state index in [1.165, 1.54) is 0 Å². The lowest BCUT2D eigenvalue weighted by atomic mass is 10.1. The lowest BCUT2D eigenvalue weighted by Gasteiger charge is -2.29. The van der Waals surface area contributed by atoms with Gasteiger partial charge in [0.2, 0.25) is 15.8 Å². The smallest absolute Gasteiger partial charge is 0.249 e. The summed E-state index contributed by atoms with van der Waals surface area (Å²) in [6, 6.07) is 6.37. The molecule has 1 heterocycles. The van der Waals surface area contributed by atoms with Crippen molar-refractivity contribution in [3.05, 3.63) is 58.9 Å². The second-order valence-corrected chi connectivity index (χ2v) is 9.28. The lowest BCUT2D eigenvalue weighted by molar-refractivity contribution is 0.122. The largest absolute Gasteiger partial charge is 0.378 e. The lowest BCUT2D eigenvalue weighted by Crippen LogP contribution is -2.36. The molecule has 1 saturated carbocycles. The Bertz CT molecular complexity index is 1070. The highest BCUT2D eigenvalue weighted by molar-refractivity contribution is 7.89. The molecule has 0 radical (unpaired) electrons. The summed E-state index contributed by atoms with van der Waals surface area (Å²) in [6.07, 6.45) is 0.857. The molecule has 0 amide bonds. The van der Waals surface area contributed by atoms with E-state index >= 15 is 0 Å². The van der Waals surface area contributed by atoms with Crippen molar-refractivity contribution in [1.82, 2.24) is 4.31 Å². The van der Waals surface area contributed by atoms with E-state index in [1.54, 1.807) is 18.2 Å². The van der Waals surface area contributed by atoms with Crippen molar-refractivity contribution >= 4 is 15.7 Å². The Labute approximate surface area is 176 Å². The second-order valence-electron chi connectivity index (χ2n) is 7.45. The van der Waals surface area contributed by atoms with Crippen LogP contribution in [0.4, 0.5) is 27.6 Å². The van der Waals surface area contributed by atoms with Crippen molar-refractivity contribution in [2.45, 2.75) is 30.3 Å². The van der Waals surface area contributed by atoms with Gasteiger partial charge in [0.15, 0.2) is 28.2 Å². The molecule has 2 aliphatic rings. The minimum absolute atomic E-state index is 0.259. The van der Waals surface area contributed by atoms with E-state index in [4.69, 9.17) is 4.74 Å². The first-order valence-corrected chi connectivity index (χ1v) is 11.1. The van der Waals surface area contributed by atoms with Crippen molar-refractivity contribution in [2.24, 2.45) is 0 Å². The molecule has 2 aromatic carbocycles. The molecular weight excluding hydrogens is 443 g/mol. The fraction of sp³-hybridized carbons (Fsp3) is 0.400. The molecule has 11 heteroatoms. The van der Waals surface area contributed by atoms with Crippen LogP contribution >= 0.6 is 0 Å². The number of ether oxygens (including phenoxy) is 1. The predicted molar refractivity (Wildman–Crippen MR) is 101 cm³/mol. The van der Waals surface area contributed by atoms with Crippen molar-refractivity contribution in [1.29, 1.82) is 0 Å². The minimum atomic E-state index is -4.99. The highest BCUT2D eigenvalue weighted by Crippen LogP contribution is 2.37. The normalized spacial score (nSPS) is 17.4. The number of rotatable bonds is 6. The van der Waals surface area contributed by atoms with Crippen LogP contribution in [0.15, 0.2) is 29.2 Å². The molecule has 0 unspecified atom stereocenters. The third-order valence-corrected chi connectivity index (χ3v) is 7.23. The molecule has 2 fully saturated rings. The highest BCUT2D eigenvalue weighted by Gasteiger charge is 2.43. The number of hydrogen-bond donors (Lipinski definition) is 0. The zero-order valence-electron chi connectivity index (χ0n) is 16.3. The molecule has 1 saturated heterocycles. The van der Waals surface area contributed by atoms with Crippen LogP contribution < -0.4 is 4.90 Å². The summed E-state index contributed by atoms with van der Waals surface area (Å²) in [5, 5.41) is 0. The van der Waals surface area contributed by atoms with E-state index in [9.17, 15) is 30.4 Å². The van der Waals surface area contributed by atoms with Crippen LogP contribution in [0.25, 0.3) is 0 Å². The number of sulfonamides is 1. The van der Waals surface area contributed by atoms with E-state index < -0.39 is 50.0 Å². The van der Waals surface area contributed by atoms with Gasteiger partial charge in [-0.25, -0.2) is 30.4 Å². The maximum Gasteiger partial charge on any atom is 0.249 e. The SMILES string of the molecule is O=S(=O)(c1c(F)c(F)c(F)c(F)c1F)N(Cc1cccc(N2CCOCC2)c1)C1CC1. The van der Waals surface area contributed by atoms with Crippen LogP contribution in [-0.4, -0.2) is 45.1 Å². The van der Waals surface area contributed by atoms with Crippen molar-refractivity contribution in [2.75, 3.05) is 31.2 Å². The van der Waals surface area contributed by atoms with Crippen molar-refractivity contribution < 1.29 is 35.1 Å². The van der Waals surface area contributed by atoms with Crippen LogP contribution in [0.1, 0.15) is 18.4 Å². The number of nitrogens with zero attached hydrogens (tertiary/aromatic N) is 2. The summed E-state index contributed by atoms with van der Waals surface area (Å²) in [7, 11) is -4.99. The number of morpholine rings is 1. The third kappa shape index (κ3) is 4.13. The molecule has 4 rings (SSSR count). The van der Waals surface area contributed by atoms with Gasteiger partial charge >= 0.3 is 0 Å². The standard InChI is InChI=1S/C20H19F5N2O3S/c21-15-16(22)18(24)20(19(25)17(15)23)31(28,29)27(13-4-5-13)11-12-2-1-3-14(10-12)26-6-8-30-9-7-26/h1-3,10,13H,4-9,11H2. The summed E-state index contributed by atoms with van der Waals surface area (Å²) in [5.41, 5.74) is 1.36. The minimum Gasteiger partial charge on any atom is -0.378 e. The summed E-state index contributed by atoms with van der Waals surface area (Å²) >= 11 is 0. The second kappa shape index (κ2) is 8.36. The quantitative estimate of drug-likeness (QED) is 0.374. The van der Waals surface area contributed by atoms with Crippen LogP contribution in [0.3, 0.4) is 0 Å². The van der Waals surface area contributed by atoms with Gasteiger partial charge in [-0.05, 0) is 30.5 Å².